The van der Waals surface area contributed by atoms with Crippen molar-refractivity contribution in [1.29, 1.82) is 0 Å². The highest BCUT2D eigenvalue weighted by Crippen LogP contribution is 2.42. The van der Waals surface area contributed by atoms with Crippen LogP contribution in [0.1, 0.15) is 31.7 Å². The van der Waals surface area contributed by atoms with Crippen LogP contribution in [0.5, 0.6) is 0 Å². The number of hydrogen-bond acceptors (Lipinski definition) is 3. The molecule has 1 aromatic rings. The number of pyridine rings is 1. The number of amides is 2. The number of rotatable bonds is 3. The SMILES string of the molecule is CC(=O)N1CC2CCCC2C1C(=O)NCc1cccnc1. The molecule has 112 valence electrons. The number of hydrogen-bond donors (Lipinski definition) is 1. The summed E-state index contributed by atoms with van der Waals surface area (Å²) in [6.45, 7) is 2.76. The fourth-order valence-electron chi connectivity index (χ4n) is 3.76. The summed E-state index contributed by atoms with van der Waals surface area (Å²) in [4.78, 5) is 30.2. The van der Waals surface area contributed by atoms with Crippen LogP contribution in [-0.2, 0) is 16.1 Å². The number of nitrogens with one attached hydrogen (secondary N) is 1. The van der Waals surface area contributed by atoms with Crippen LogP contribution in [0.15, 0.2) is 24.5 Å². The van der Waals surface area contributed by atoms with Gasteiger partial charge in [0.2, 0.25) is 11.8 Å². The Balaban J connectivity index is 1.68. The van der Waals surface area contributed by atoms with Gasteiger partial charge in [0.1, 0.15) is 6.04 Å². The molecule has 5 heteroatoms. The van der Waals surface area contributed by atoms with Gasteiger partial charge in [-0.1, -0.05) is 12.5 Å². The zero-order valence-corrected chi connectivity index (χ0v) is 12.3. The molecule has 1 aliphatic heterocycles. The fraction of sp³-hybridized carbons (Fsp3) is 0.562. The van der Waals surface area contributed by atoms with Crippen molar-refractivity contribution in [2.45, 2.75) is 38.8 Å². The van der Waals surface area contributed by atoms with E-state index in [1.54, 1.807) is 24.2 Å². The van der Waals surface area contributed by atoms with Crippen LogP contribution in [0.2, 0.25) is 0 Å². The quantitative estimate of drug-likeness (QED) is 0.912. The number of carbonyl (C=O) groups excluding carboxylic acids is 2. The molecule has 3 unspecified atom stereocenters. The van der Waals surface area contributed by atoms with Crippen LogP contribution in [-0.4, -0.2) is 34.3 Å². The molecular weight excluding hydrogens is 266 g/mol. The Hall–Kier alpha value is -1.91. The maximum Gasteiger partial charge on any atom is 0.243 e. The van der Waals surface area contributed by atoms with Gasteiger partial charge in [-0.25, -0.2) is 0 Å². The van der Waals surface area contributed by atoms with E-state index in [0.29, 0.717) is 18.4 Å². The molecule has 3 rings (SSSR count). The standard InChI is InChI=1S/C16H21N3O2/c1-11(20)19-10-13-5-2-6-14(13)15(19)16(21)18-9-12-4-3-7-17-8-12/h3-4,7-8,13-15H,2,5-6,9-10H2,1H3,(H,18,21). The highest BCUT2D eigenvalue weighted by atomic mass is 16.2. The molecule has 0 bridgehead atoms. The lowest BCUT2D eigenvalue weighted by molar-refractivity contribution is -0.138. The zero-order valence-electron chi connectivity index (χ0n) is 12.3. The van der Waals surface area contributed by atoms with E-state index in [0.717, 1.165) is 24.9 Å². The van der Waals surface area contributed by atoms with Gasteiger partial charge in [0, 0.05) is 32.4 Å². The third-order valence-electron chi connectivity index (χ3n) is 4.75. The van der Waals surface area contributed by atoms with Crippen molar-refractivity contribution in [1.82, 2.24) is 15.2 Å². The van der Waals surface area contributed by atoms with Crippen LogP contribution in [0.3, 0.4) is 0 Å². The summed E-state index contributed by atoms with van der Waals surface area (Å²) in [6.07, 6.45) is 6.83. The van der Waals surface area contributed by atoms with Crippen molar-refractivity contribution >= 4 is 11.8 Å². The van der Waals surface area contributed by atoms with Crippen LogP contribution in [0.25, 0.3) is 0 Å². The van der Waals surface area contributed by atoms with Crippen LogP contribution in [0.4, 0.5) is 0 Å². The molecule has 0 radical (unpaired) electrons. The predicted molar refractivity (Wildman–Crippen MR) is 78.1 cm³/mol. The summed E-state index contributed by atoms with van der Waals surface area (Å²) in [5, 5.41) is 2.97. The summed E-state index contributed by atoms with van der Waals surface area (Å²) < 4.78 is 0. The lowest BCUT2D eigenvalue weighted by Crippen LogP contribution is -2.47. The second kappa shape index (κ2) is 5.84. The van der Waals surface area contributed by atoms with Gasteiger partial charge in [-0.3, -0.25) is 14.6 Å². The Morgan fingerprint density at radius 1 is 1.43 bits per heavy atom. The number of aromatic nitrogens is 1. The summed E-state index contributed by atoms with van der Waals surface area (Å²) in [6, 6.07) is 3.50. The molecule has 2 heterocycles. The number of likely N-dealkylation sites (tertiary alicyclic amines) is 1. The molecule has 1 saturated carbocycles. The molecule has 1 saturated heterocycles. The molecule has 2 amide bonds. The van der Waals surface area contributed by atoms with E-state index in [4.69, 9.17) is 0 Å². The monoisotopic (exact) mass is 287 g/mol. The third kappa shape index (κ3) is 2.77. The molecule has 1 aliphatic carbocycles. The summed E-state index contributed by atoms with van der Waals surface area (Å²) in [5.41, 5.74) is 0.973. The molecule has 1 N–H and O–H groups in total. The van der Waals surface area contributed by atoms with Crippen molar-refractivity contribution in [3.63, 3.8) is 0 Å². The van der Waals surface area contributed by atoms with E-state index >= 15 is 0 Å². The molecule has 5 nitrogen and oxygen atoms in total. The minimum Gasteiger partial charge on any atom is -0.350 e. The molecule has 0 spiro atoms. The molecule has 21 heavy (non-hydrogen) atoms. The maximum absolute atomic E-state index is 12.6. The highest BCUT2D eigenvalue weighted by molar-refractivity contribution is 5.88. The number of carbonyl (C=O) groups is 2. The smallest absolute Gasteiger partial charge is 0.243 e. The van der Waals surface area contributed by atoms with Gasteiger partial charge in [-0.05, 0) is 36.3 Å². The molecule has 0 aromatic carbocycles. The predicted octanol–water partition coefficient (Wildman–Crippen LogP) is 1.34. The Labute approximate surface area is 124 Å². The van der Waals surface area contributed by atoms with E-state index in [9.17, 15) is 9.59 Å². The fourth-order valence-corrected chi connectivity index (χ4v) is 3.76. The number of nitrogens with zero attached hydrogens (tertiary/aromatic N) is 2. The average molecular weight is 287 g/mol. The van der Waals surface area contributed by atoms with Gasteiger partial charge in [0.25, 0.3) is 0 Å². The summed E-state index contributed by atoms with van der Waals surface area (Å²) >= 11 is 0. The van der Waals surface area contributed by atoms with Crippen molar-refractivity contribution in [3.05, 3.63) is 30.1 Å². The van der Waals surface area contributed by atoms with E-state index in [2.05, 4.69) is 10.3 Å². The van der Waals surface area contributed by atoms with Gasteiger partial charge < -0.3 is 10.2 Å². The number of fused-ring (bicyclic) bond motifs is 1. The first-order chi connectivity index (χ1) is 10.2. The van der Waals surface area contributed by atoms with E-state index in [-0.39, 0.29) is 17.9 Å². The van der Waals surface area contributed by atoms with Gasteiger partial charge in [-0.15, -0.1) is 0 Å². The van der Waals surface area contributed by atoms with E-state index < -0.39 is 0 Å². The minimum absolute atomic E-state index is 0.00549. The van der Waals surface area contributed by atoms with Gasteiger partial charge in [-0.2, -0.15) is 0 Å². The van der Waals surface area contributed by atoms with E-state index in [1.165, 1.54) is 6.42 Å². The molecule has 1 aromatic heterocycles. The van der Waals surface area contributed by atoms with E-state index in [1.807, 2.05) is 12.1 Å². The first-order valence-corrected chi connectivity index (χ1v) is 7.60. The average Bonchev–Trinajstić information content (AvgIpc) is 3.06. The van der Waals surface area contributed by atoms with Crippen LogP contribution >= 0.6 is 0 Å². The lowest BCUT2D eigenvalue weighted by Gasteiger charge is -2.26. The van der Waals surface area contributed by atoms with Crippen molar-refractivity contribution in [2.75, 3.05) is 6.54 Å². The Kier molecular flexibility index (Phi) is 3.90. The van der Waals surface area contributed by atoms with Gasteiger partial charge in [0.15, 0.2) is 0 Å². The Morgan fingerprint density at radius 3 is 3.00 bits per heavy atom. The van der Waals surface area contributed by atoms with Gasteiger partial charge in [0.05, 0.1) is 0 Å². The van der Waals surface area contributed by atoms with Crippen LogP contribution < -0.4 is 5.32 Å². The largest absolute Gasteiger partial charge is 0.350 e. The Bertz CT molecular complexity index is 532. The summed E-state index contributed by atoms with van der Waals surface area (Å²) in [5.74, 6) is 0.820. The first kappa shape index (κ1) is 14.0. The molecule has 3 atom stereocenters. The van der Waals surface area contributed by atoms with Crippen LogP contribution in [0, 0.1) is 11.8 Å². The molecular formula is C16H21N3O2. The third-order valence-corrected chi connectivity index (χ3v) is 4.75. The zero-order chi connectivity index (χ0) is 14.8. The minimum atomic E-state index is -0.285. The maximum atomic E-state index is 12.6. The first-order valence-electron chi connectivity index (χ1n) is 7.60. The highest BCUT2D eigenvalue weighted by Gasteiger charge is 2.48. The van der Waals surface area contributed by atoms with Gasteiger partial charge >= 0.3 is 0 Å². The van der Waals surface area contributed by atoms with Crippen molar-refractivity contribution in [2.24, 2.45) is 11.8 Å². The van der Waals surface area contributed by atoms with Crippen molar-refractivity contribution in [3.8, 4) is 0 Å². The Morgan fingerprint density at radius 2 is 2.29 bits per heavy atom. The topological polar surface area (TPSA) is 62.3 Å². The normalized spacial score (nSPS) is 27.5. The molecule has 2 fully saturated rings. The molecule has 2 aliphatic rings. The lowest BCUT2D eigenvalue weighted by atomic mass is 9.93. The summed E-state index contributed by atoms with van der Waals surface area (Å²) in [7, 11) is 0. The second-order valence-corrected chi connectivity index (χ2v) is 6.05. The second-order valence-electron chi connectivity index (χ2n) is 6.05. The van der Waals surface area contributed by atoms with Crippen molar-refractivity contribution < 1.29 is 9.59 Å².